The number of fused-ring (bicyclic) bond motifs is 1. The zero-order valence-electron chi connectivity index (χ0n) is 8.27. The molecule has 0 spiro atoms. The van der Waals surface area contributed by atoms with Gasteiger partial charge in [-0.2, -0.15) is 0 Å². The summed E-state index contributed by atoms with van der Waals surface area (Å²) in [5.41, 5.74) is -0.667. The molecule has 3 nitrogen and oxygen atoms in total. The van der Waals surface area contributed by atoms with Gasteiger partial charge in [0.15, 0.2) is 0 Å². The molecule has 0 amide bonds. The van der Waals surface area contributed by atoms with Gasteiger partial charge in [-0.25, -0.2) is 0 Å². The Kier molecular flexibility index (Phi) is 3.21. The maximum absolute atomic E-state index is 9.14. The molecule has 1 aliphatic rings. The summed E-state index contributed by atoms with van der Waals surface area (Å²) in [7, 11) is 10.4. The van der Waals surface area contributed by atoms with Crippen LogP contribution in [0.2, 0.25) is 0 Å². The van der Waals surface area contributed by atoms with E-state index >= 15 is 0 Å². The first-order valence-electron chi connectivity index (χ1n) is 4.79. The first kappa shape index (κ1) is 11.2. The quantitative estimate of drug-likeness (QED) is 0.550. The van der Waals surface area contributed by atoms with Crippen LogP contribution >= 0.6 is 11.3 Å². The van der Waals surface area contributed by atoms with Crippen LogP contribution in [0.1, 0.15) is 16.5 Å². The van der Waals surface area contributed by atoms with Gasteiger partial charge in [0.05, 0.1) is 12.7 Å². The van der Waals surface area contributed by atoms with Crippen molar-refractivity contribution in [1.29, 1.82) is 0 Å². The Morgan fingerprint density at radius 2 is 2.47 bits per heavy atom. The van der Waals surface area contributed by atoms with E-state index in [2.05, 4.69) is 5.32 Å². The fraction of sp³-hybridized carbons (Fsp3) is 0.556. The van der Waals surface area contributed by atoms with Crippen molar-refractivity contribution >= 4 is 27.0 Å². The fourth-order valence-electron chi connectivity index (χ4n) is 1.65. The van der Waals surface area contributed by atoms with E-state index in [1.807, 2.05) is 11.4 Å². The molecule has 2 N–H and O–H groups in total. The second-order valence-electron chi connectivity index (χ2n) is 3.61. The summed E-state index contributed by atoms with van der Waals surface area (Å²) in [5.74, 6) is 0. The van der Waals surface area contributed by atoms with Gasteiger partial charge in [0.2, 0.25) is 0 Å². The number of hydrogen-bond donors (Lipinski definition) is 2. The van der Waals surface area contributed by atoms with E-state index in [1.165, 1.54) is 10.4 Å². The molecule has 0 fully saturated rings. The van der Waals surface area contributed by atoms with Gasteiger partial charge in [-0.05, 0) is 17.0 Å². The van der Waals surface area contributed by atoms with Crippen LogP contribution < -0.4 is 5.32 Å². The first-order valence-corrected chi connectivity index (χ1v) is 5.67. The van der Waals surface area contributed by atoms with Crippen LogP contribution in [0, 0.1) is 0 Å². The summed E-state index contributed by atoms with van der Waals surface area (Å²) < 4.78 is 5.58. The molecule has 2 heterocycles. The summed E-state index contributed by atoms with van der Waals surface area (Å²) in [4.78, 5) is 1.34. The Morgan fingerprint density at radius 3 is 3.20 bits per heavy atom. The Labute approximate surface area is 95.7 Å². The number of hydrogen-bond acceptors (Lipinski definition) is 4. The largest absolute Gasteiger partial charge is 0.395 e. The van der Waals surface area contributed by atoms with Crippen LogP contribution in [0.5, 0.6) is 0 Å². The molecular weight excluding hydrogens is 208 g/mol. The van der Waals surface area contributed by atoms with Crippen molar-refractivity contribution in [3.8, 4) is 0 Å². The number of thiophene rings is 1. The van der Waals surface area contributed by atoms with Crippen molar-refractivity contribution in [3.05, 3.63) is 21.9 Å². The maximum Gasteiger partial charge on any atom is 0.120 e. The first-order chi connectivity index (χ1) is 7.06. The minimum atomic E-state index is -1.84. The van der Waals surface area contributed by atoms with E-state index in [1.54, 1.807) is 11.3 Å². The van der Waals surface area contributed by atoms with Crippen LogP contribution in [0.15, 0.2) is 11.4 Å². The van der Waals surface area contributed by atoms with Gasteiger partial charge in [0.25, 0.3) is 0 Å². The number of nitrogens with one attached hydrogen (secondary N) is 1. The topological polar surface area (TPSA) is 41.5 Å². The van der Waals surface area contributed by atoms with Gasteiger partial charge in [0, 0.05) is 23.4 Å². The van der Waals surface area contributed by atoms with Crippen molar-refractivity contribution in [2.24, 2.45) is 0 Å². The third kappa shape index (κ3) is 2.84. The third-order valence-corrected chi connectivity index (χ3v) is 3.34. The van der Waals surface area contributed by atoms with Gasteiger partial charge in [-0.1, -0.05) is 0 Å². The standard InChI is InChI=1S/C9H11B2NO2S/c10-9(11,13)12-5-7-6-2-4-15-8(6)1-3-14-7/h2,4,7,12-13H,1,3,5H2. The lowest BCUT2D eigenvalue weighted by atomic mass is 9.73. The molecule has 0 saturated heterocycles. The highest BCUT2D eigenvalue weighted by atomic mass is 32.1. The molecule has 1 atom stereocenters. The second kappa shape index (κ2) is 4.29. The van der Waals surface area contributed by atoms with E-state index in [9.17, 15) is 0 Å². The second-order valence-corrected chi connectivity index (χ2v) is 4.62. The Balaban J connectivity index is 2.01. The lowest BCUT2D eigenvalue weighted by Gasteiger charge is -2.28. The minimum Gasteiger partial charge on any atom is -0.395 e. The molecule has 0 aromatic carbocycles. The maximum atomic E-state index is 9.14. The van der Waals surface area contributed by atoms with Gasteiger partial charge in [-0.15, -0.1) is 11.3 Å². The Bertz CT molecular complexity index is 337. The van der Waals surface area contributed by atoms with Gasteiger partial charge in [0.1, 0.15) is 15.7 Å². The van der Waals surface area contributed by atoms with Crippen molar-refractivity contribution in [2.45, 2.75) is 18.0 Å². The van der Waals surface area contributed by atoms with E-state index in [0.717, 1.165) is 6.42 Å². The molecule has 4 radical (unpaired) electrons. The highest BCUT2D eigenvalue weighted by molar-refractivity contribution is 7.10. The van der Waals surface area contributed by atoms with Crippen molar-refractivity contribution in [1.82, 2.24) is 5.32 Å². The highest BCUT2D eigenvalue weighted by Crippen LogP contribution is 2.30. The van der Waals surface area contributed by atoms with Crippen LogP contribution in [-0.4, -0.2) is 39.5 Å². The highest BCUT2D eigenvalue weighted by Gasteiger charge is 2.23. The molecule has 1 unspecified atom stereocenters. The Morgan fingerprint density at radius 1 is 1.67 bits per heavy atom. The number of rotatable bonds is 3. The Hall–Kier alpha value is -0.290. The van der Waals surface area contributed by atoms with E-state index in [4.69, 9.17) is 25.5 Å². The summed E-state index contributed by atoms with van der Waals surface area (Å²) in [6.45, 7) is 1.11. The average molecular weight is 219 g/mol. The van der Waals surface area contributed by atoms with Gasteiger partial charge >= 0.3 is 0 Å². The SMILES string of the molecule is [B]C([B])(O)NCC1OCCc2sccc21. The van der Waals surface area contributed by atoms with Crippen LogP contribution in [0.4, 0.5) is 0 Å². The molecule has 1 aromatic heterocycles. The average Bonchev–Trinajstić information content (AvgIpc) is 2.61. The van der Waals surface area contributed by atoms with Crippen molar-refractivity contribution < 1.29 is 9.84 Å². The molecule has 2 rings (SSSR count). The predicted molar refractivity (Wildman–Crippen MR) is 61.2 cm³/mol. The number of aliphatic hydroxyl groups is 1. The summed E-state index contributed by atoms with van der Waals surface area (Å²) >= 11 is 1.73. The van der Waals surface area contributed by atoms with E-state index in [-0.39, 0.29) is 6.10 Å². The fourth-order valence-corrected chi connectivity index (χ4v) is 2.56. The lowest BCUT2D eigenvalue weighted by Crippen LogP contribution is -2.48. The molecule has 0 aliphatic carbocycles. The third-order valence-electron chi connectivity index (χ3n) is 2.35. The summed E-state index contributed by atoms with van der Waals surface area (Å²) in [5, 5.41) is 13.8. The molecule has 1 aliphatic heterocycles. The smallest absolute Gasteiger partial charge is 0.120 e. The molecule has 0 saturated carbocycles. The molecule has 0 bridgehead atoms. The molecule has 6 heteroatoms. The zero-order chi connectivity index (χ0) is 10.9. The molecular formula is C9H11B2NO2S. The minimum absolute atomic E-state index is 0.0707. The summed E-state index contributed by atoms with van der Waals surface area (Å²) in [6.07, 6.45) is 0.887. The van der Waals surface area contributed by atoms with Crippen LogP contribution in [-0.2, 0) is 11.2 Å². The number of ether oxygens (including phenoxy) is 1. The van der Waals surface area contributed by atoms with Crippen molar-refractivity contribution in [3.63, 3.8) is 0 Å². The lowest BCUT2D eigenvalue weighted by molar-refractivity contribution is 0.0328. The van der Waals surface area contributed by atoms with Crippen LogP contribution in [0.25, 0.3) is 0 Å². The van der Waals surface area contributed by atoms with Gasteiger partial charge < -0.3 is 15.2 Å². The normalized spacial score (nSPS) is 21.3. The van der Waals surface area contributed by atoms with E-state index < -0.39 is 5.52 Å². The monoisotopic (exact) mass is 219 g/mol. The zero-order valence-corrected chi connectivity index (χ0v) is 9.09. The van der Waals surface area contributed by atoms with Crippen molar-refractivity contribution in [2.75, 3.05) is 13.2 Å². The molecule has 76 valence electrons. The summed E-state index contributed by atoms with van der Waals surface area (Å²) in [6, 6.07) is 2.04. The van der Waals surface area contributed by atoms with E-state index in [0.29, 0.717) is 13.2 Å². The predicted octanol–water partition coefficient (Wildman–Crippen LogP) is -0.108. The van der Waals surface area contributed by atoms with Gasteiger partial charge in [-0.3, -0.25) is 0 Å². The molecule has 1 aromatic rings. The molecule has 15 heavy (non-hydrogen) atoms. The van der Waals surface area contributed by atoms with Crippen LogP contribution in [0.3, 0.4) is 0 Å².